The third-order valence-electron chi connectivity index (χ3n) is 23.7. The normalized spacial score (nSPS) is 32.7. The van der Waals surface area contributed by atoms with Crippen LogP contribution in [0.5, 0.6) is 0 Å². The Morgan fingerprint density at radius 3 is 0.850 bits per heavy atom. The summed E-state index contributed by atoms with van der Waals surface area (Å²) in [6.07, 6.45) is 16.3. The molecule has 0 aromatic rings. The van der Waals surface area contributed by atoms with Crippen LogP contribution in [0.3, 0.4) is 0 Å². The van der Waals surface area contributed by atoms with Crippen molar-refractivity contribution in [3.05, 3.63) is 0 Å². The first kappa shape index (κ1) is 80.7. The average Bonchev–Trinajstić information content (AvgIpc) is 1.67. The van der Waals surface area contributed by atoms with E-state index in [1.54, 1.807) is 47.3 Å². The zero-order valence-electron chi connectivity index (χ0n) is 59.1. The number of ketones is 2. The van der Waals surface area contributed by atoms with Crippen LogP contribution in [0.4, 0.5) is 0 Å². The Kier molecular flexibility index (Phi) is 30.8. The van der Waals surface area contributed by atoms with Crippen LogP contribution < -0.4 is 27.0 Å². The minimum absolute atomic E-state index is 0. The molecule has 552 valence electrons. The molecule has 0 spiro atoms. The van der Waals surface area contributed by atoms with Gasteiger partial charge >= 0.3 is 0 Å². The monoisotopic (exact) mass is 1430 g/mol. The number of Topliss-reactive ketones (excluding diaryl/α,β-unsaturated/α-hetero) is 2. The number of carbonyl (C=O) groups excluding carboxylic acids is 10. The van der Waals surface area contributed by atoms with Crippen molar-refractivity contribution in [2.75, 3.05) is 118 Å². The van der Waals surface area contributed by atoms with E-state index in [9.17, 15) is 47.9 Å². The molecule has 8 amide bonds. The molecule has 0 aromatic carbocycles. The maximum atomic E-state index is 12.2. The highest BCUT2D eigenvalue weighted by molar-refractivity contribution is 5.86. The van der Waals surface area contributed by atoms with Crippen LogP contribution in [-0.2, 0) is 47.9 Å². The molecule has 6 N–H and O–H groups in total. The Balaban J connectivity index is 0.000000173. The number of hydrogen-bond acceptors (Lipinski definition) is 19. The molecule has 17 atom stereocenters. The standard InChI is InChI=1S/3C16H24N4O2.C9H13NO2.C7H11N3O.C7H11NO.2ClH/c3*1-11(21)19-9-12-5-14(6-13(12)10-19)18-8-16(22)20-4-2-3-15(20)7-17;1-6(11)10-4-7-2-9(12)3-8(7)5-10;8-4-6-2-1-3-10(6)7(11)5-9;9-7-1-5-3-8-4-6(5)2-7;;/h3*12-15,18H,2-6,8-10H2,1H3;7-8H,2-5H2,1H3;6H,1-3,5,9H2;5-6,8H,1-4H2;2*1H/t3*12-,13+,14?,15-;;6-;;;/m000.0.../s1. The zero-order chi connectivity index (χ0) is 70.3. The molecule has 14 rings (SSSR count). The van der Waals surface area contributed by atoms with E-state index in [4.69, 9.17) is 26.8 Å². The highest BCUT2D eigenvalue weighted by Gasteiger charge is 2.46. The number of nitriles is 4. The maximum absolute atomic E-state index is 12.2. The van der Waals surface area contributed by atoms with E-state index in [1.165, 1.54) is 0 Å². The molecule has 14 aliphatic rings. The number of nitrogens with two attached hydrogens (primary N) is 1. The fourth-order valence-electron chi connectivity index (χ4n) is 18.3. The number of amides is 8. The summed E-state index contributed by atoms with van der Waals surface area (Å²) in [4.78, 5) is 129. The van der Waals surface area contributed by atoms with E-state index < -0.39 is 0 Å². The first-order chi connectivity index (χ1) is 47.1. The minimum Gasteiger partial charge on any atom is -0.342 e. The molecule has 0 bridgehead atoms. The van der Waals surface area contributed by atoms with Crippen LogP contribution in [0.2, 0.25) is 0 Å². The highest BCUT2D eigenvalue weighted by Crippen LogP contribution is 2.41. The number of rotatable bonds is 10. The van der Waals surface area contributed by atoms with Crippen molar-refractivity contribution in [2.24, 2.45) is 64.9 Å². The van der Waals surface area contributed by atoms with Crippen molar-refractivity contribution >= 4 is 83.6 Å². The fraction of sp³-hybridized carbons (Fsp3) is 0.803. The third kappa shape index (κ3) is 21.1. The van der Waals surface area contributed by atoms with Gasteiger partial charge in [0.25, 0.3) is 0 Å². The molecule has 9 saturated heterocycles. The molecule has 27 nitrogen and oxygen atoms in total. The van der Waals surface area contributed by atoms with Gasteiger partial charge < -0.3 is 66.2 Å². The first-order valence-corrected chi connectivity index (χ1v) is 36.5. The smallest absolute Gasteiger partial charge is 0.237 e. The van der Waals surface area contributed by atoms with Crippen molar-refractivity contribution in [1.82, 2.24) is 60.5 Å². The van der Waals surface area contributed by atoms with Crippen LogP contribution in [0, 0.1) is 105 Å². The second kappa shape index (κ2) is 38.1. The second-order valence-electron chi connectivity index (χ2n) is 30.2. The average molecular weight is 1430 g/mol. The summed E-state index contributed by atoms with van der Waals surface area (Å²) in [5, 5.41) is 49.1. The van der Waals surface area contributed by atoms with Gasteiger partial charge in [-0.25, -0.2) is 0 Å². The van der Waals surface area contributed by atoms with Gasteiger partial charge in [-0.3, -0.25) is 47.9 Å². The number of hydrogen-bond donors (Lipinski definition) is 5. The second-order valence-corrected chi connectivity index (χ2v) is 30.2. The van der Waals surface area contributed by atoms with Crippen molar-refractivity contribution in [1.29, 1.82) is 21.0 Å². The Labute approximate surface area is 602 Å². The highest BCUT2D eigenvalue weighted by atomic mass is 35.5. The molecular formula is C71H109Cl2N17O10. The van der Waals surface area contributed by atoms with Gasteiger partial charge in [0.2, 0.25) is 47.3 Å². The van der Waals surface area contributed by atoms with E-state index in [1.807, 2.05) is 19.6 Å². The lowest BCUT2D eigenvalue weighted by molar-refractivity contribution is -0.131. The van der Waals surface area contributed by atoms with Crippen LogP contribution >= 0.6 is 24.8 Å². The summed E-state index contributed by atoms with van der Waals surface area (Å²) >= 11 is 0. The molecule has 9 heterocycles. The van der Waals surface area contributed by atoms with Crippen LogP contribution in [0.25, 0.3) is 0 Å². The van der Waals surface area contributed by atoms with Gasteiger partial charge in [0.05, 0.1) is 50.5 Å². The predicted molar refractivity (Wildman–Crippen MR) is 373 cm³/mol. The SMILES string of the molecule is CC(=O)N1CC2CC(=O)CC2C1.CC(=O)N1C[C@H]2CC(NCC(=O)N3CCC[C@H]3C#N)C[C@H]2C1.CC(=O)N1C[C@H]2CC(NCC(=O)N3CCC[C@H]3C#N)C[C@H]2C1.CC(=O)N1C[C@H]2CC(NCC(=O)N3CCC[C@H]3C#N)C[C@H]2C1.Cl.Cl.N#C[C@@H]1CCCN1C(=O)CN.O=C1CC2CNCC2C1. The molecule has 7 unspecified atom stereocenters. The summed E-state index contributed by atoms with van der Waals surface area (Å²) in [5.41, 5.74) is 5.17. The van der Waals surface area contributed by atoms with Gasteiger partial charge in [0.1, 0.15) is 35.7 Å². The lowest BCUT2D eigenvalue weighted by Gasteiger charge is -2.22. The van der Waals surface area contributed by atoms with E-state index in [2.05, 4.69) is 45.5 Å². The predicted octanol–water partition coefficient (Wildman–Crippen LogP) is 1.97. The van der Waals surface area contributed by atoms with Crippen molar-refractivity contribution in [2.45, 2.75) is 186 Å². The van der Waals surface area contributed by atoms with Crippen molar-refractivity contribution in [3.8, 4) is 24.3 Å². The minimum atomic E-state index is -0.235. The van der Waals surface area contributed by atoms with E-state index in [0.29, 0.717) is 148 Å². The quantitative estimate of drug-likeness (QED) is 0.209. The Morgan fingerprint density at radius 2 is 0.620 bits per heavy atom. The Hall–Kier alpha value is -6.56. The van der Waals surface area contributed by atoms with Gasteiger partial charge in [-0.1, -0.05) is 0 Å². The molecule has 100 heavy (non-hydrogen) atoms. The number of nitrogens with zero attached hydrogens (tertiary/aromatic N) is 12. The third-order valence-corrected chi connectivity index (χ3v) is 23.7. The van der Waals surface area contributed by atoms with Crippen molar-refractivity contribution in [3.63, 3.8) is 0 Å². The van der Waals surface area contributed by atoms with Gasteiger partial charge in [-0.15, -0.1) is 24.8 Å². The molecule has 14 fully saturated rings. The Bertz CT molecular complexity index is 2800. The zero-order valence-corrected chi connectivity index (χ0v) is 60.7. The van der Waals surface area contributed by atoms with Gasteiger partial charge in [-0.2, -0.15) is 21.0 Å². The summed E-state index contributed by atoms with van der Waals surface area (Å²) in [5.74, 6) is 7.36. The number of fused-ring (bicyclic) bond motifs is 5. The number of halogens is 2. The summed E-state index contributed by atoms with van der Waals surface area (Å²) < 4.78 is 0. The number of carbonyl (C=O) groups is 10. The lowest BCUT2D eigenvalue weighted by Crippen LogP contribution is -2.43. The molecular weight excluding hydrogens is 1320 g/mol. The van der Waals surface area contributed by atoms with Gasteiger partial charge in [0, 0.05) is 150 Å². The molecule has 9 aliphatic heterocycles. The first-order valence-electron chi connectivity index (χ1n) is 36.5. The maximum Gasteiger partial charge on any atom is 0.237 e. The van der Waals surface area contributed by atoms with Gasteiger partial charge in [0.15, 0.2) is 0 Å². The van der Waals surface area contributed by atoms with Crippen molar-refractivity contribution < 1.29 is 47.9 Å². The fourth-order valence-corrected chi connectivity index (χ4v) is 18.3. The van der Waals surface area contributed by atoms with Crippen LogP contribution in [0.15, 0.2) is 0 Å². The largest absolute Gasteiger partial charge is 0.342 e. The lowest BCUT2D eigenvalue weighted by atomic mass is 10.0. The topological polar surface area (TPSA) is 366 Å². The van der Waals surface area contributed by atoms with Gasteiger partial charge in [-0.05, 0) is 162 Å². The number of nitrogens with one attached hydrogen (secondary N) is 4. The molecule has 5 saturated carbocycles. The van der Waals surface area contributed by atoms with E-state index >= 15 is 0 Å². The molecule has 0 radical (unpaired) electrons. The Morgan fingerprint density at radius 1 is 0.390 bits per heavy atom. The van der Waals surface area contributed by atoms with Crippen LogP contribution in [0.1, 0.15) is 143 Å². The molecule has 0 aromatic heterocycles. The summed E-state index contributed by atoms with van der Waals surface area (Å²) in [6, 6.07) is 8.89. The van der Waals surface area contributed by atoms with E-state index in [0.717, 1.165) is 168 Å². The van der Waals surface area contributed by atoms with E-state index in [-0.39, 0.29) is 103 Å². The van der Waals surface area contributed by atoms with Crippen LogP contribution in [-0.4, -0.2) is 258 Å². The number of likely N-dealkylation sites (tertiary alicyclic amines) is 8. The molecule has 29 heteroatoms. The molecule has 5 aliphatic carbocycles. The summed E-state index contributed by atoms with van der Waals surface area (Å²) in [7, 11) is 0. The summed E-state index contributed by atoms with van der Waals surface area (Å²) in [6.45, 7) is 19.3.